The molecule has 0 N–H and O–H groups in total. The Labute approximate surface area is 93.7 Å². The summed E-state index contributed by atoms with van der Waals surface area (Å²) in [5.41, 5.74) is 0.306. The molecule has 0 bridgehead atoms. The van der Waals surface area contributed by atoms with E-state index in [1.54, 1.807) is 6.92 Å². The maximum absolute atomic E-state index is 11.1. The van der Waals surface area contributed by atoms with Crippen LogP contribution in [0.4, 0.5) is 0 Å². The van der Waals surface area contributed by atoms with E-state index in [0.29, 0.717) is 11.9 Å². The zero-order valence-corrected chi connectivity index (χ0v) is 9.05. The van der Waals surface area contributed by atoms with Crippen LogP contribution in [0.3, 0.4) is 0 Å². The average molecular weight is 226 g/mol. The van der Waals surface area contributed by atoms with Gasteiger partial charge >= 0.3 is 5.97 Å². The van der Waals surface area contributed by atoms with Crippen molar-refractivity contribution < 1.29 is 23.8 Å². The van der Waals surface area contributed by atoms with Gasteiger partial charge in [-0.3, -0.25) is 4.79 Å². The highest BCUT2D eigenvalue weighted by molar-refractivity contribution is 5.86. The van der Waals surface area contributed by atoms with Gasteiger partial charge in [-0.1, -0.05) is 12.7 Å². The predicted octanol–water partition coefficient (Wildman–Crippen LogP) is 0.601. The van der Waals surface area contributed by atoms with Gasteiger partial charge in [-0.25, -0.2) is 4.79 Å². The fourth-order valence-electron chi connectivity index (χ4n) is 1.21. The minimum atomic E-state index is -0.920. The molecule has 0 spiro atoms. The molecule has 88 valence electrons. The molecule has 3 unspecified atom stereocenters. The van der Waals surface area contributed by atoms with Crippen LogP contribution < -0.4 is 0 Å². The normalized spacial score (nSPS) is 28.4. The van der Waals surface area contributed by atoms with Crippen LogP contribution in [0.25, 0.3) is 0 Å². The molecule has 0 aliphatic carbocycles. The van der Waals surface area contributed by atoms with Crippen LogP contribution in [0, 0.1) is 0 Å². The molecule has 0 saturated carbocycles. The van der Waals surface area contributed by atoms with Gasteiger partial charge in [0.25, 0.3) is 0 Å². The van der Waals surface area contributed by atoms with Gasteiger partial charge in [0.05, 0.1) is 0 Å². The second-order valence-electron chi connectivity index (χ2n) is 3.39. The lowest BCUT2D eigenvalue weighted by molar-refractivity contribution is -0.144. The zero-order chi connectivity index (χ0) is 12.1. The van der Waals surface area contributed by atoms with E-state index < -0.39 is 24.5 Å². The van der Waals surface area contributed by atoms with Crippen LogP contribution in [-0.2, 0) is 23.8 Å². The van der Waals surface area contributed by atoms with Crippen LogP contribution in [0.15, 0.2) is 24.8 Å². The third kappa shape index (κ3) is 3.01. The lowest BCUT2D eigenvalue weighted by Gasteiger charge is -2.13. The van der Waals surface area contributed by atoms with Gasteiger partial charge in [0, 0.05) is 5.57 Å². The van der Waals surface area contributed by atoms with Crippen molar-refractivity contribution in [1.29, 1.82) is 0 Å². The first-order valence-corrected chi connectivity index (χ1v) is 4.80. The Morgan fingerprint density at radius 3 is 2.69 bits per heavy atom. The van der Waals surface area contributed by atoms with E-state index in [1.165, 1.54) is 6.08 Å². The van der Waals surface area contributed by atoms with E-state index in [1.807, 2.05) is 0 Å². The van der Waals surface area contributed by atoms with E-state index in [2.05, 4.69) is 13.2 Å². The van der Waals surface area contributed by atoms with Crippen LogP contribution in [0.1, 0.15) is 6.92 Å². The molecular weight excluding hydrogens is 212 g/mol. The largest absolute Gasteiger partial charge is 0.459 e. The fraction of sp³-hybridized carbons (Fsp3) is 0.455. The maximum atomic E-state index is 11.1. The first-order valence-electron chi connectivity index (χ1n) is 4.80. The summed E-state index contributed by atoms with van der Waals surface area (Å²) < 4.78 is 15.2. The molecule has 5 heteroatoms. The van der Waals surface area contributed by atoms with Crippen molar-refractivity contribution in [1.82, 2.24) is 0 Å². The molecular formula is C11H14O5. The smallest absolute Gasteiger partial charge is 0.333 e. The second kappa shape index (κ2) is 5.58. The maximum Gasteiger partial charge on any atom is 0.333 e. The molecule has 1 saturated heterocycles. The number of rotatable bonds is 5. The quantitative estimate of drug-likeness (QED) is 0.297. The van der Waals surface area contributed by atoms with Crippen molar-refractivity contribution >= 4 is 12.3 Å². The number of hydrogen-bond acceptors (Lipinski definition) is 5. The van der Waals surface area contributed by atoms with E-state index in [4.69, 9.17) is 14.2 Å². The first-order chi connectivity index (χ1) is 7.58. The molecule has 0 aromatic rings. The Morgan fingerprint density at radius 1 is 1.50 bits per heavy atom. The molecule has 1 rings (SSSR count). The molecule has 3 atom stereocenters. The standard InChI is InChI=1S/C11H14O5/c1-4-8-9(16-10(5-12)15-8)6-14-11(13)7(2)3/h4-5,8-10H,1-2,6H2,3H3. The second-order valence-corrected chi connectivity index (χ2v) is 3.39. The Balaban J connectivity index is 2.47. The minimum Gasteiger partial charge on any atom is -0.459 e. The van der Waals surface area contributed by atoms with Gasteiger partial charge < -0.3 is 14.2 Å². The number of hydrogen-bond donors (Lipinski definition) is 0. The van der Waals surface area contributed by atoms with Crippen molar-refractivity contribution in [2.75, 3.05) is 6.61 Å². The number of aldehydes is 1. The number of ether oxygens (including phenoxy) is 3. The molecule has 16 heavy (non-hydrogen) atoms. The van der Waals surface area contributed by atoms with Crippen molar-refractivity contribution in [2.24, 2.45) is 0 Å². The minimum absolute atomic E-state index is 0.00667. The summed E-state index contributed by atoms with van der Waals surface area (Å²) in [5, 5.41) is 0. The molecule has 1 aliphatic heterocycles. The van der Waals surface area contributed by atoms with E-state index >= 15 is 0 Å². The summed E-state index contributed by atoms with van der Waals surface area (Å²) >= 11 is 0. The van der Waals surface area contributed by atoms with Crippen molar-refractivity contribution in [3.63, 3.8) is 0 Å². The molecule has 0 radical (unpaired) electrons. The average Bonchev–Trinajstić information content (AvgIpc) is 2.68. The highest BCUT2D eigenvalue weighted by Crippen LogP contribution is 2.19. The zero-order valence-electron chi connectivity index (χ0n) is 9.05. The highest BCUT2D eigenvalue weighted by atomic mass is 16.7. The Hall–Kier alpha value is -1.46. The summed E-state index contributed by atoms with van der Waals surface area (Å²) in [5.74, 6) is -0.499. The molecule has 0 amide bonds. The van der Waals surface area contributed by atoms with E-state index in [0.717, 1.165) is 0 Å². The predicted molar refractivity (Wildman–Crippen MR) is 55.6 cm³/mol. The number of carbonyl (C=O) groups excluding carboxylic acids is 2. The van der Waals surface area contributed by atoms with Crippen LogP contribution in [0.2, 0.25) is 0 Å². The van der Waals surface area contributed by atoms with Crippen molar-refractivity contribution in [2.45, 2.75) is 25.4 Å². The Kier molecular flexibility index (Phi) is 4.39. The van der Waals surface area contributed by atoms with Gasteiger partial charge in [0.1, 0.15) is 18.8 Å². The molecule has 1 fully saturated rings. The lowest BCUT2D eigenvalue weighted by atomic mass is 10.2. The topological polar surface area (TPSA) is 61.8 Å². The fourth-order valence-corrected chi connectivity index (χ4v) is 1.21. The molecule has 0 aromatic heterocycles. The summed E-state index contributed by atoms with van der Waals surface area (Å²) in [4.78, 5) is 21.6. The molecule has 5 nitrogen and oxygen atoms in total. The third-order valence-corrected chi connectivity index (χ3v) is 2.04. The molecule has 1 heterocycles. The van der Waals surface area contributed by atoms with E-state index in [9.17, 15) is 9.59 Å². The SMILES string of the molecule is C=CC1OC(C=O)OC1COC(=O)C(=C)C. The van der Waals surface area contributed by atoms with Crippen LogP contribution in [0.5, 0.6) is 0 Å². The first kappa shape index (κ1) is 12.6. The third-order valence-electron chi connectivity index (χ3n) is 2.04. The van der Waals surface area contributed by atoms with E-state index in [-0.39, 0.29) is 6.61 Å². The van der Waals surface area contributed by atoms with Gasteiger partial charge in [-0.2, -0.15) is 0 Å². The summed E-state index contributed by atoms with van der Waals surface area (Å²) in [7, 11) is 0. The van der Waals surface area contributed by atoms with Crippen molar-refractivity contribution in [3.05, 3.63) is 24.8 Å². The number of esters is 1. The number of carbonyl (C=O) groups is 2. The Bertz CT molecular complexity index is 309. The Morgan fingerprint density at radius 2 is 2.19 bits per heavy atom. The summed E-state index contributed by atoms with van der Waals surface area (Å²) in [6, 6.07) is 0. The lowest BCUT2D eigenvalue weighted by Crippen LogP contribution is -2.27. The monoisotopic (exact) mass is 226 g/mol. The van der Waals surface area contributed by atoms with Crippen LogP contribution >= 0.6 is 0 Å². The van der Waals surface area contributed by atoms with Gasteiger partial charge in [0.2, 0.25) is 6.29 Å². The molecule has 0 aromatic carbocycles. The van der Waals surface area contributed by atoms with Gasteiger partial charge in [-0.15, -0.1) is 6.58 Å². The van der Waals surface area contributed by atoms with Crippen molar-refractivity contribution in [3.8, 4) is 0 Å². The highest BCUT2D eigenvalue weighted by Gasteiger charge is 2.34. The molecule has 1 aliphatic rings. The van der Waals surface area contributed by atoms with Gasteiger partial charge in [0.15, 0.2) is 6.29 Å². The van der Waals surface area contributed by atoms with Crippen LogP contribution in [-0.4, -0.2) is 37.4 Å². The summed E-state index contributed by atoms with van der Waals surface area (Å²) in [6.07, 6.45) is 0.167. The van der Waals surface area contributed by atoms with Gasteiger partial charge in [-0.05, 0) is 6.92 Å². The summed E-state index contributed by atoms with van der Waals surface area (Å²) in [6.45, 7) is 8.55.